The summed E-state index contributed by atoms with van der Waals surface area (Å²) in [6.07, 6.45) is -0.0521. The average molecular weight is 325 g/mol. The first-order valence-corrected chi connectivity index (χ1v) is 8.30. The van der Waals surface area contributed by atoms with Gasteiger partial charge in [-0.25, -0.2) is 0 Å². The molecule has 3 rings (SSSR count). The van der Waals surface area contributed by atoms with Gasteiger partial charge in [-0.05, 0) is 30.5 Å². The Morgan fingerprint density at radius 3 is 2.54 bits per heavy atom. The summed E-state index contributed by atoms with van der Waals surface area (Å²) in [7, 11) is 0. The van der Waals surface area contributed by atoms with Crippen LogP contribution >= 0.6 is 0 Å². The smallest absolute Gasteiger partial charge is 0.268 e. The number of ether oxygens (including phenoxy) is 1. The Morgan fingerprint density at radius 1 is 1.17 bits per heavy atom. The zero-order valence-electron chi connectivity index (χ0n) is 14.3. The van der Waals surface area contributed by atoms with Crippen LogP contribution in [0.1, 0.15) is 25.0 Å². The van der Waals surface area contributed by atoms with E-state index in [1.54, 1.807) is 23.1 Å². The predicted molar refractivity (Wildman–Crippen MR) is 94.6 cm³/mol. The van der Waals surface area contributed by atoms with E-state index in [9.17, 15) is 9.90 Å². The Kier molecular flexibility index (Phi) is 4.47. The SMILES string of the molecule is Cc1ccc(CC2Oc3cc(O)ccc3N(CC(C)C)C2=O)cc1. The topological polar surface area (TPSA) is 49.8 Å². The minimum absolute atomic E-state index is 0.0255. The maximum Gasteiger partial charge on any atom is 0.268 e. The van der Waals surface area contributed by atoms with E-state index in [0.29, 0.717) is 24.6 Å². The highest BCUT2D eigenvalue weighted by atomic mass is 16.5. The number of amides is 1. The normalized spacial score (nSPS) is 16.9. The minimum atomic E-state index is -0.569. The molecule has 1 heterocycles. The number of anilines is 1. The lowest BCUT2D eigenvalue weighted by atomic mass is 10.0. The van der Waals surface area contributed by atoms with Gasteiger partial charge in [-0.2, -0.15) is 0 Å². The Bertz CT molecular complexity index is 737. The lowest BCUT2D eigenvalue weighted by molar-refractivity contribution is -0.126. The second-order valence-electron chi connectivity index (χ2n) is 6.79. The van der Waals surface area contributed by atoms with E-state index in [4.69, 9.17) is 4.74 Å². The summed E-state index contributed by atoms with van der Waals surface area (Å²) in [5, 5.41) is 9.75. The predicted octanol–water partition coefficient (Wildman–Crippen LogP) is 3.69. The quantitative estimate of drug-likeness (QED) is 0.932. The van der Waals surface area contributed by atoms with Gasteiger partial charge in [-0.1, -0.05) is 43.7 Å². The van der Waals surface area contributed by atoms with Crippen molar-refractivity contribution in [2.24, 2.45) is 5.92 Å². The van der Waals surface area contributed by atoms with Crippen molar-refractivity contribution in [3.05, 3.63) is 53.6 Å². The van der Waals surface area contributed by atoms with E-state index in [-0.39, 0.29) is 11.7 Å². The molecule has 126 valence electrons. The maximum atomic E-state index is 12.9. The van der Waals surface area contributed by atoms with E-state index in [1.165, 1.54) is 5.56 Å². The van der Waals surface area contributed by atoms with Gasteiger partial charge in [0.15, 0.2) is 6.10 Å². The molecule has 1 unspecified atom stereocenters. The highest BCUT2D eigenvalue weighted by Gasteiger charge is 2.34. The highest BCUT2D eigenvalue weighted by molar-refractivity contribution is 6.00. The van der Waals surface area contributed by atoms with Crippen molar-refractivity contribution in [2.45, 2.75) is 33.3 Å². The van der Waals surface area contributed by atoms with Gasteiger partial charge < -0.3 is 14.7 Å². The molecular weight excluding hydrogens is 302 g/mol. The van der Waals surface area contributed by atoms with Gasteiger partial charge >= 0.3 is 0 Å². The summed E-state index contributed by atoms with van der Waals surface area (Å²) in [6.45, 7) is 6.83. The number of aromatic hydroxyl groups is 1. The molecule has 0 aromatic heterocycles. The van der Waals surface area contributed by atoms with Crippen LogP contribution in [0.15, 0.2) is 42.5 Å². The first kappa shape index (κ1) is 16.4. The van der Waals surface area contributed by atoms with Crippen LogP contribution in [0.4, 0.5) is 5.69 Å². The molecule has 2 aromatic carbocycles. The van der Waals surface area contributed by atoms with Gasteiger partial charge in [0.2, 0.25) is 0 Å². The van der Waals surface area contributed by atoms with Gasteiger partial charge in [0.1, 0.15) is 11.5 Å². The molecule has 24 heavy (non-hydrogen) atoms. The standard InChI is InChI=1S/C20H23NO3/c1-13(2)12-21-17-9-8-16(22)11-18(17)24-19(20(21)23)10-15-6-4-14(3)5-7-15/h4-9,11,13,19,22H,10,12H2,1-3H3. The third-order valence-corrected chi connectivity index (χ3v) is 4.13. The lowest BCUT2D eigenvalue weighted by Gasteiger charge is -2.35. The number of benzene rings is 2. The van der Waals surface area contributed by atoms with Crippen molar-refractivity contribution in [1.29, 1.82) is 0 Å². The van der Waals surface area contributed by atoms with Gasteiger partial charge in [-0.3, -0.25) is 4.79 Å². The summed E-state index contributed by atoms with van der Waals surface area (Å²) < 4.78 is 5.92. The van der Waals surface area contributed by atoms with Crippen LogP contribution in [-0.4, -0.2) is 23.7 Å². The zero-order valence-corrected chi connectivity index (χ0v) is 14.3. The number of phenols is 1. The monoisotopic (exact) mass is 325 g/mol. The second-order valence-corrected chi connectivity index (χ2v) is 6.79. The summed E-state index contributed by atoms with van der Waals surface area (Å²) in [5.41, 5.74) is 2.98. The largest absolute Gasteiger partial charge is 0.508 e. The lowest BCUT2D eigenvalue weighted by Crippen LogP contribution is -2.48. The number of aryl methyl sites for hydroxylation is 1. The molecule has 4 nitrogen and oxygen atoms in total. The van der Waals surface area contributed by atoms with Gasteiger partial charge in [0, 0.05) is 19.0 Å². The van der Waals surface area contributed by atoms with Gasteiger partial charge in [0.25, 0.3) is 5.91 Å². The molecule has 0 aliphatic carbocycles. The fourth-order valence-electron chi connectivity index (χ4n) is 2.94. The van der Waals surface area contributed by atoms with Gasteiger partial charge in [-0.15, -0.1) is 0 Å². The molecule has 1 atom stereocenters. The summed E-state index contributed by atoms with van der Waals surface area (Å²) in [6, 6.07) is 13.0. The Morgan fingerprint density at radius 2 is 1.88 bits per heavy atom. The number of nitrogens with zero attached hydrogens (tertiary/aromatic N) is 1. The molecular formula is C20H23NO3. The fraction of sp³-hybridized carbons (Fsp3) is 0.350. The number of carbonyl (C=O) groups is 1. The molecule has 2 aromatic rings. The highest BCUT2D eigenvalue weighted by Crippen LogP contribution is 2.37. The molecule has 4 heteroatoms. The van der Waals surface area contributed by atoms with E-state index in [0.717, 1.165) is 11.3 Å². The first-order chi connectivity index (χ1) is 11.4. The zero-order chi connectivity index (χ0) is 17.3. The van der Waals surface area contributed by atoms with Crippen LogP contribution in [0, 0.1) is 12.8 Å². The van der Waals surface area contributed by atoms with Crippen molar-refractivity contribution in [3.63, 3.8) is 0 Å². The molecule has 0 saturated heterocycles. The second kappa shape index (κ2) is 6.56. The summed E-state index contributed by atoms with van der Waals surface area (Å²) >= 11 is 0. The Balaban J connectivity index is 1.91. The van der Waals surface area contributed by atoms with Crippen LogP contribution in [0.5, 0.6) is 11.5 Å². The van der Waals surface area contributed by atoms with E-state index < -0.39 is 6.10 Å². The maximum absolute atomic E-state index is 12.9. The van der Waals surface area contributed by atoms with Crippen molar-refractivity contribution in [2.75, 3.05) is 11.4 Å². The number of rotatable bonds is 4. The first-order valence-electron chi connectivity index (χ1n) is 8.30. The Labute approximate surface area is 142 Å². The molecule has 1 amide bonds. The van der Waals surface area contributed by atoms with E-state index in [2.05, 4.69) is 13.8 Å². The molecule has 0 saturated carbocycles. The molecule has 0 fully saturated rings. The molecule has 0 bridgehead atoms. The van der Waals surface area contributed by atoms with Crippen LogP contribution in [-0.2, 0) is 11.2 Å². The number of hydrogen-bond acceptors (Lipinski definition) is 3. The van der Waals surface area contributed by atoms with Gasteiger partial charge in [0.05, 0.1) is 5.69 Å². The average Bonchev–Trinajstić information content (AvgIpc) is 2.53. The molecule has 1 aliphatic heterocycles. The van der Waals surface area contributed by atoms with Crippen molar-refractivity contribution < 1.29 is 14.6 Å². The van der Waals surface area contributed by atoms with Crippen LogP contribution < -0.4 is 9.64 Å². The number of fused-ring (bicyclic) bond motifs is 1. The number of hydrogen-bond donors (Lipinski definition) is 1. The minimum Gasteiger partial charge on any atom is -0.508 e. The molecule has 0 spiro atoms. The van der Waals surface area contributed by atoms with Crippen molar-refractivity contribution in [3.8, 4) is 11.5 Å². The molecule has 0 radical (unpaired) electrons. The molecule has 1 N–H and O–H groups in total. The number of carbonyl (C=O) groups excluding carboxylic acids is 1. The van der Waals surface area contributed by atoms with Crippen LogP contribution in [0.25, 0.3) is 0 Å². The van der Waals surface area contributed by atoms with Crippen molar-refractivity contribution in [1.82, 2.24) is 0 Å². The van der Waals surface area contributed by atoms with E-state index >= 15 is 0 Å². The van der Waals surface area contributed by atoms with E-state index in [1.807, 2.05) is 31.2 Å². The summed E-state index contributed by atoms with van der Waals surface area (Å²) in [5.74, 6) is 1.02. The number of phenolic OH excluding ortho intramolecular Hbond substituents is 1. The van der Waals surface area contributed by atoms with Crippen LogP contribution in [0.3, 0.4) is 0 Å². The summed E-state index contributed by atoms with van der Waals surface area (Å²) in [4.78, 5) is 14.7. The van der Waals surface area contributed by atoms with Crippen LogP contribution in [0.2, 0.25) is 0 Å². The fourth-order valence-corrected chi connectivity index (χ4v) is 2.94. The Hall–Kier alpha value is -2.49. The van der Waals surface area contributed by atoms with Crippen molar-refractivity contribution >= 4 is 11.6 Å². The third kappa shape index (κ3) is 3.37. The third-order valence-electron chi connectivity index (χ3n) is 4.13. The molecule has 1 aliphatic rings.